The third-order valence-corrected chi connectivity index (χ3v) is 6.43. The van der Waals surface area contributed by atoms with Crippen LogP contribution in [0.15, 0.2) is 24.3 Å². The standard InChI is InChI=1S/C16H21F3N2O3S/c1-25(23,24)15(7-9-20-10-8-15)14(22)21-13-4-2-3-12(11-13)5-6-16(17,18)19/h2-4,11,20H,5-10H2,1H3,(H,21,22). The molecule has 0 spiro atoms. The minimum Gasteiger partial charge on any atom is -0.325 e. The zero-order valence-electron chi connectivity index (χ0n) is 13.8. The maximum atomic E-state index is 12.7. The van der Waals surface area contributed by atoms with E-state index in [0.29, 0.717) is 24.3 Å². The van der Waals surface area contributed by atoms with Crippen molar-refractivity contribution < 1.29 is 26.4 Å². The van der Waals surface area contributed by atoms with Gasteiger partial charge in [-0.05, 0) is 50.0 Å². The van der Waals surface area contributed by atoms with E-state index >= 15 is 0 Å². The van der Waals surface area contributed by atoms with Crippen LogP contribution in [0.25, 0.3) is 0 Å². The highest BCUT2D eigenvalue weighted by molar-refractivity contribution is 7.92. The monoisotopic (exact) mass is 378 g/mol. The summed E-state index contributed by atoms with van der Waals surface area (Å²) in [6.07, 6.45) is -4.05. The molecule has 0 aliphatic carbocycles. The first kappa shape index (κ1) is 19.7. The molecule has 0 radical (unpaired) electrons. The van der Waals surface area contributed by atoms with Crippen molar-refractivity contribution in [3.05, 3.63) is 29.8 Å². The van der Waals surface area contributed by atoms with Gasteiger partial charge in [0.25, 0.3) is 0 Å². The SMILES string of the molecule is CS(=O)(=O)C1(C(=O)Nc2cccc(CCC(F)(F)F)c2)CCNCC1. The molecular weight excluding hydrogens is 357 g/mol. The average Bonchev–Trinajstić information content (AvgIpc) is 2.52. The van der Waals surface area contributed by atoms with E-state index in [1.165, 1.54) is 24.3 Å². The molecule has 1 aliphatic heterocycles. The molecule has 0 aromatic heterocycles. The molecule has 140 valence electrons. The van der Waals surface area contributed by atoms with Gasteiger partial charge in [-0.1, -0.05) is 12.1 Å². The van der Waals surface area contributed by atoms with Crippen molar-refractivity contribution in [3.63, 3.8) is 0 Å². The van der Waals surface area contributed by atoms with Crippen molar-refractivity contribution in [1.82, 2.24) is 5.32 Å². The van der Waals surface area contributed by atoms with Gasteiger partial charge in [-0.15, -0.1) is 0 Å². The predicted octanol–water partition coefficient (Wildman–Crippen LogP) is 2.29. The molecule has 0 atom stereocenters. The van der Waals surface area contributed by atoms with Crippen LogP contribution in [0, 0.1) is 0 Å². The smallest absolute Gasteiger partial charge is 0.325 e. The summed E-state index contributed by atoms with van der Waals surface area (Å²) in [5.41, 5.74) is 0.722. The third kappa shape index (κ3) is 4.94. The summed E-state index contributed by atoms with van der Waals surface area (Å²) in [5.74, 6) is -0.635. The molecular formula is C16H21F3N2O3S. The van der Waals surface area contributed by atoms with E-state index in [1.807, 2.05) is 0 Å². The number of alkyl halides is 3. The van der Waals surface area contributed by atoms with Gasteiger partial charge >= 0.3 is 6.18 Å². The Hall–Kier alpha value is -1.61. The van der Waals surface area contributed by atoms with Crippen molar-refractivity contribution in [2.24, 2.45) is 0 Å². The summed E-state index contributed by atoms with van der Waals surface area (Å²) >= 11 is 0. The fourth-order valence-corrected chi connectivity index (χ4v) is 4.27. The van der Waals surface area contributed by atoms with Crippen LogP contribution >= 0.6 is 0 Å². The fourth-order valence-electron chi connectivity index (χ4n) is 2.93. The Labute approximate surface area is 144 Å². The molecule has 2 rings (SSSR count). The van der Waals surface area contributed by atoms with Gasteiger partial charge in [-0.2, -0.15) is 13.2 Å². The Morgan fingerprint density at radius 1 is 1.28 bits per heavy atom. The zero-order valence-corrected chi connectivity index (χ0v) is 14.6. The van der Waals surface area contributed by atoms with E-state index in [0.717, 1.165) is 6.26 Å². The molecule has 9 heteroatoms. The van der Waals surface area contributed by atoms with Gasteiger partial charge in [0.05, 0.1) is 0 Å². The van der Waals surface area contributed by atoms with Crippen LogP contribution in [0.4, 0.5) is 18.9 Å². The topological polar surface area (TPSA) is 75.3 Å². The number of amides is 1. The number of halogens is 3. The number of aryl methyl sites for hydroxylation is 1. The number of benzene rings is 1. The summed E-state index contributed by atoms with van der Waals surface area (Å²) in [6, 6.07) is 6.06. The Kier molecular flexibility index (Phi) is 5.78. The number of hydrogen-bond acceptors (Lipinski definition) is 4. The van der Waals surface area contributed by atoms with Crippen LogP contribution < -0.4 is 10.6 Å². The number of sulfone groups is 1. The first-order chi connectivity index (χ1) is 11.5. The minimum atomic E-state index is -4.26. The predicted molar refractivity (Wildman–Crippen MR) is 89.1 cm³/mol. The van der Waals surface area contributed by atoms with Crippen LogP contribution in [0.3, 0.4) is 0 Å². The van der Waals surface area contributed by atoms with Gasteiger partial charge in [0.15, 0.2) is 14.6 Å². The van der Waals surface area contributed by atoms with E-state index in [4.69, 9.17) is 0 Å². The highest BCUT2D eigenvalue weighted by Crippen LogP contribution is 2.30. The van der Waals surface area contributed by atoms with Crippen molar-refractivity contribution in [2.45, 2.75) is 36.6 Å². The molecule has 1 aliphatic rings. The van der Waals surface area contributed by atoms with Crippen LogP contribution in [-0.2, 0) is 21.1 Å². The van der Waals surface area contributed by atoms with Crippen molar-refractivity contribution >= 4 is 21.4 Å². The molecule has 1 aromatic carbocycles. The van der Waals surface area contributed by atoms with E-state index in [1.54, 1.807) is 0 Å². The maximum Gasteiger partial charge on any atom is 0.389 e. The summed E-state index contributed by atoms with van der Waals surface area (Å²) in [5, 5.41) is 5.59. The summed E-state index contributed by atoms with van der Waals surface area (Å²) in [7, 11) is -3.65. The van der Waals surface area contributed by atoms with Gasteiger partial charge in [0.1, 0.15) is 0 Å². The zero-order chi connectivity index (χ0) is 18.7. The molecule has 1 amide bonds. The van der Waals surface area contributed by atoms with Crippen molar-refractivity contribution in [2.75, 3.05) is 24.7 Å². The van der Waals surface area contributed by atoms with E-state index in [2.05, 4.69) is 10.6 Å². The first-order valence-electron chi connectivity index (χ1n) is 7.91. The summed E-state index contributed by atoms with van der Waals surface area (Å²) < 4.78 is 59.9. The fraction of sp³-hybridized carbons (Fsp3) is 0.562. The lowest BCUT2D eigenvalue weighted by atomic mass is 9.95. The Bertz CT molecular complexity index is 726. The quantitative estimate of drug-likeness (QED) is 0.824. The molecule has 25 heavy (non-hydrogen) atoms. The Morgan fingerprint density at radius 3 is 2.48 bits per heavy atom. The number of carbonyl (C=O) groups is 1. The maximum absolute atomic E-state index is 12.7. The molecule has 2 N–H and O–H groups in total. The summed E-state index contributed by atoms with van der Waals surface area (Å²) in [4.78, 5) is 12.7. The van der Waals surface area contributed by atoms with E-state index in [-0.39, 0.29) is 19.3 Å². The van der Waals surface area contributed by atoms with Crippen LogP contribution in [0.2, 0.25) is 0 Å². The molecule has 1 aromatic rings. The second-order valence-electron chi connectivity index (χ2n) is 6.29. The number of anilines is 1. The Morgan fingerprint density at radius 2 is 1.92 bits per heavy atom. The minimum absolute atomic E-state index is 0.158. The van der Waals surface area contributed by atoms with E-state index in [9.17, 15) is 26.4 Å². The van der Waals surface area contributed by atoms with Gasteiger partial charge in [-0.25, -0.2) is 8.42 Å². The molecule has 0 unspecified atom stereocenters. The highest BCUT2D eigenvalue weighted by Gasteiger charge is 2.48. The van der Waals surface area contributed by atoms with Crippen LogP contribution in [0.5, 0.6) is 0 Å². The van der Waals surface area contributed by atoms with Gasteiger partial charge in [0.2, 0.25) is 5.91 Å². The van der Waals surface area contributed by atoms with Gasteiger partial charge < -0.3 is 10.6 Å². The molecule has 1 heterocycles. The lowest BCUT2D eigenvalue weighted by Crippen LogP contribution is -2.55. The molecule has 1 fully saturated rings. The second-order valence-corrected chi connectivity index (χ2v) is 8.61. The lowest BCUT2D eigenvalue weighted by molar-refractivity contribution is -0.134. The van der Waals surface area contributed by atoms with Crippen LogP contribution in [-0.4, -0.2) is 44.6 Å². The lowest BCUT2D eigenvalue weighted by Gasteiger charge is -2.34. The molecule has 0 saturated carbocycles. The number of carbonyl (C=O) groups excluding carboxylic acids is 1. The van der Waals surface area contributed by atoms with E-state index < -0.39 is 33.1 Å². The first-order valence-corrected chi connectivity index (χ1v) is 9.80. The number of rotatable bonds is 5. The molecule has 0 bridgehead atoms. The highest BCUT2D eigenvalue weighted by atomic mass is 32.2. The number of piperidine rings is 1. The van der Waals surface area contributed by atoms with Gasteiger partial charge in [-0.3, -0.25) is 4.79 Å². The summed E-state index contributed by atoms with van der Waals surface area (Å²) in [6.45, 7) is 0.818. The second kappa shape index (κ2) is 7.33. The molecule has 5 nitrogen and oxygen atoms in total. The third-order valence-electron chi connectivity index (χ3n) is 4.42. The van der Waals surface area contributed by atoms with Crippen molar-refractivity contribution in [1.29, 1.82) is 0 Å². The number of hydrogen-bond donors (Lipinski definition) is 2. The van der Waals surface area contributed by atoms with Gasteiger partial charge in [0, 0.05) is 18.4 Å². The largest absolute Gasteiger partial charge is 0.389 e. The Balaban J connectivity index is 2.16. The number of nitrogens with one attached hydrogen (secondary N) is 2. The van der Waals surface area contributed by atoms with Crippen LogP contribution in [0.1, 0.15) is 24.8 Å². The van der Waals surface area contributed by atoms with Crippen molar-refractivity contribution in [3.8, 4) is 0 Å². The normalized spacial score (nSPS) is 17.9. The molecule has 1 saturated heterocycles. The average molecular weight is 378 g/mol.